The van der Waals surface area contributed by atoms with Crippen molar-refractivity contribution in [3.05, 3.63) is 125 Å². The van der Waals surface area contributed by atoms with Gasteiger partial charge in [0.1, 0.15) is 12.2 Å². The lowest BCUT2D eigenvalue weighted by Crippen LogP contribution is -2.53. The molecule has 1 aromatic heterocycles. The van der Waals surface area contributed by atoms with Gasteiger partial charge in [-0.3, -0.25) is 0 Å². The first kappa shape index (κ1) is 22.7. The topological polar surface area (TPSA) is 36.3 Å². The minimum atomic E-state index is -0.693. The predicted molar refractivity (Wildman–Crippen MR) is 145 cm³/mol. The van der Waals surface area contributed by atoms with Crippen molar-refractivity contribution in [2.45, 2.75) is 57.5 Å². The molecule has 1 saturated heterocycles. The lowest BCUT2D eigenvalue weighted by Gasteiger charge is -2.51. The van der Waals surface area contributed by atoms with Crippen molar-refractivity contribution < 1.29 is 9.47 Å². The molecule has 1 unspecified atom stereocenters. The fourth-order valence-corrected chi connectivity index (χ4v) is 6.62. The number of rotatable bonds is 3. The Morgan fingerprint density at radius 1 is 0.838 bits per heavy atom. The lowest BCUT2D eigenvalue weighted by atomic mass is 9.62. The van der Waals surface area contributed by atoms with Crippen LogP contribution in [0, 0.1) is 12.3 Å². The average molecular weight is 489 g/mol. The molecule has 37 heavy (non-hydrogen) atoms. The summed E-state index contributed by atoms with van der Waals surface area (Å²) in [4.78, 5) is 0. The molecule has 3 aliphatic rings. The first-order valence-corrected chi connectivity index (χ1v) is 13.4. The minimum Gasteiger partial charge on any atom is -0.338 e. The first-order valence-electron chi connectivity index (χ1n) is 13.4. The molecule has 2 aliphatic carbocycles. The van der Waals surface area contributed by atoms with E-state index >= 15 is 0 Å². The van der Waals surface area contributed by atoms with E-state index in [1.54, 1.807) is 0 Å². The molecular weight excluding hydrogens is 456 g/mol. The average Bonchev–Trinajstić information content (AvgIpc) is 3.52. The van der Waals surface area contributed by atoms with Crippen LogP contribution in [0.1, 0.15) is 66.3 Å². The minimum absolute atomic E-state index is 0.156. The van der Waals surface area contributed by atoms with Gasteiger partial charge in [0.2, 0.25) is 0 Å². The molecule has 186 valence electrons. The van der Waals surface area contributed by atoms with Crippen LogP contribution in [-0.2, 0) is 15.9 Å². The van der Waals surface area contributed by atoms with Gasteiger partial charge in [-0.2, -0.15) is 5.10 Å². The fraction of sp³-hybridized carbons (Fsp3) is 0.303. The fourth-order valence-electron chi connectivity index (χ4n) is 6.62. The zero-order valence-electron chi connectivity index (χ0n) is 21.4. The van der Waals surface area contributed by atoms with Crippen LogP contribution in [0.15, 0.2) is 96.7 Å². The Kier molecular flexibility index (Phi) is 5.24. The van der Waals surface area contributed by atoms with E-state index in [1.165, 1.54) is 22.4 Å². The van der Waals surface area contributed by atoms with E-state index in [2.05, 4.69) is 110 Å². The van der Waals surface area contributed by atoms with Crippen molar-refractivity contribution in [3.8, 4) is 5.69 Å². The highest BCUT2D eigenvalue weighted by molar-refractivity contribution is 5.62. The number of hydrogen-bond donors (Lipinski definition) is 0. The normalized spacial score (nSPS) is 25.9. The second-order valence-electron chi connectivity index (χ2n) is 11.0. The van der Waals surface area contributed by atoms with E-state index in [4.69, 9.17) is 14.6 Å². The van der Waals surface area contributed by atoms with Crippen molar-refractivity contribution in [1.82, 2.24) is 9.78 Å². The van der Waals surface area contributed by atoms with E-state index in [1.807, 2.05) is 6.20 Å². The summed E-state index contributed by atoms with van der Waals surface area (Å²) in [5.74, 6) is -0.693. The third-order valence-electron chi connectivity index (χ3n) is 8.69. The van der Waals surface area contributed by atoms with Crippen LogP contribution in [0.2, 0.25) is 0 Å². The number of fused-ring (bicyclic) bond motifs is 3. The van der Waals surface area contributed by atoms with Crippen LogP contribution in [-0.4, -0.2) is 15.6 Å². The maximum atomic E-state index is 7.14. The molecular formula is C33H32N2O2. The van der Waals surface area contributed by atoms with Crippen LogP contribution < -0.4 is 0 Å². The molecule has 0 N–H and O–H groups in total. The number of nitrogens with zero attached hydrogens (tertiary/aromatic N) is 2. The zero-order chi connectivity index (χ0) is 25.0. The van der Waals surface area contributed by atoms with Gasteiger partial charge in [-0.25, -0.2) is 4.68 Å². The van der Waals surface area contributed by atoms with Gasteiger partial charge in [-0.1, -0.05) is 90.9 Å². The number of benzene rings is 3. The largest absolute Gasteiger partial charge is 0.338 e. The highest BCUT2D eigenvalue weighted by Crippen LogP contribution is 2.62. The molecule has 0 bridgehead atoms. The molecule has 3 atom stereocenters. The Morgan fingerprint density at radius 3 is 2.08 bits per heavy atom. The summed E-state index contributed by atoms with van der Waals surface area (Å²) in [5.41, 5.74) is 8.25. The van der Waals surface area contributed by atoms with Gasteiger partial charge in [-0.05, 0) is 61.1 Å². The second kappa shape index (κ2) is 8.54. The van der Waals surface area contributed by atoms with E-state index < -0.39 is 5.79 Å². The summed E-state index contributed by atoms with van der Waals surface area (Å²) in [6, 6.07) is 29.7. The molecule has 3 aromatic carbocycles. The summed E-state index contributed by atoms with van der Waals surface area (Å²) in [5, 5.41) is 4.82. The molecule has 7 rings (SSSR count). The molecule has 2 heterocycles. The van der Waals surface area contributed by atoms with Gasteiger partial charge in [0.25, 0.3) is 0 Å². The van der Waals surface area contributed by atoms with Gasteiger partial charge in [0.05, 0.1) is 17.6 Å². The summed E-state index contributed by atoms with van der Waals surface area (Å²) < 4.78 is 16.4. The Bertz CT molecular complexity index is 1410. The number of hydrogen-bond acceptors (Lipinski definition) is 3. The Balaban J connectivity index is 1.30. The van der Waals surface area contributed by atoms with Crippen molar-refractivity contribution >= 4 is 6.08 Å². The predicted octanol–water partition coefficient (Wildman–Crippen LogP) is 7.54. The molecule has 1 aliphatic heterocycles. The summed E-state index contributed by atoms with van der Waals surface area (Å²) in [7, 11) is 0. The highest BCUT2D eigenvalue weighted by atomic mass is 16.8. The summed E-state index contributed by atoms with van der Waals surface area (Å²) in [6.07, 6.45) is 7.92. The third-order valence-corrected chi connectivity index (χ3v) is 8.69. The molecule has 4 heteroatoms. The molecule has 1 saturated carbocycles. The first-order chi connectivity index (χ1) is 18.1. The monoisotopic (exact) mass is 488 g/mol. The van der Waals surface area contributed by atoms with Gasteiger partial charge in [-0.15, -0.1) is 0 Å². The molecule has 0 amide bonds. The Morgan fingerprint density at radius 2 is 1.46 bits per heavy atom. The molecule has 4 aromatic rings. The molecule has 2 fully saturated rings. The van der Waals surface area contributed by atoms with E-state index in [0.717, 1.165) is 42.5 Å². The van der Waals surface area contributed by atoms with E-state index in [9.17, 15) is 0 Å². The maximum absolute atomic E-state index is 7.14. The van der Waals surface area contributed by atoms with Gasteiger partial charge < -0.3 is 9.47 Å². The van der Waals surface area contributed by atoms with E-state index in [-0.39, 0.29) is 17.6 Å². The summed E-state index contributed by atoms with van der Waals surface area (Å²) in [6.45, 7) is 4.46. The van der Waals surface area contributed by atoms with Crippen molar-refractivity contribution in [2.75, 3.05) is 0 Å². The number of ether oxygens (including phenoxy) is 2. The SMILES string of the molecule is Cc1ccc(-n2ncc3c2C=C2CCCC4(O[C@H](c5ccccc5)[C@@H](c5ccccc5)O4)C2(C)C3)cc1. The van der Waals surface area contributed by atoms with Gasteiger partial charge in [0, 0.05) is 11.8 Å². The lowest BCUT2D eigenvalue weighted by molar-refractivity contribution is -0.249. The molecule has 0 radical (unpaired) electrons. The molecule has 4 nitrogen and oxygen atoms in total. The van der Waals surface area contributed by atoms with Crippen molar-refractivity contribution in [1.29, 1.82) is 0 Å². The summed E-state index contributed by atoms with van der Waals surface area (Å²) >= 11 is 0. The molecule has 1 spiro atoms. The maximum Gasteiger partial charge on any atom is 0.179 e. The van der Waals surface area contributed by atoms with Crippen molar-refractivity contribution in [2.24, 2.45) is 5.41 Å². The van der Waals surface area contributed by atoms with Gasteiger partial charge in [0.15, 0.2) is 5.79 Å². The second-order valence-corrected chi connectivity index (χ2v) is 11.0. The van der Waals surface area contributed by atoms with Crippen LogP contribution in [0.3, 0.4) is 0 Å². The smallest absolute Gasteiger partial charge is 0.179 e. The van der Waals surface area contributed by atoms with Gasteiger partial charge >= 0.3 is 0 Å². The zero-order valence-corrected chi connectivity index (χ0v) is 21.4. The van der Waals surface area contributed by atoms with Crippen LogP contribution in [0.4, 0.5) is 0 Å². The van der Waals surface area contributed by atoms with Crippen LogP contribution in [0.5, 0.6) is 0 Å². The van der Waals surface area contributed by atoms with Crippen LogP contribution >= 0.6 is 0 Å². The third kappa shape index (κ3) is 3.54. The number of aromatic nitrogens is 2. The Labute approximate surface area is 218 Å². The van der Waals surface area contributed by atoms with E-state index in [0.29, 0.717) is 0 Å². The highest BCUT2D eigenvalue weighted by Gasteiger charge is 2.62. The number of aryl methyl sites for hydroxylation is 1. The quantitative estimate of drug-likeness (QED) is 0.299. The van der Waals surface area contributed by atoms with Crippen LogP contribution in [0.25, 0.3) is 11.8 Å². The van der Waals surface area contributed by atoms with Crippen molar-refractivity contribution in [3.63, 3.8) is 0 Å². The Hall–Kier alpha value is -3.47. The standard InChI is InChI=1S/C33H32N2O2/c1-23-15-17-28(18-16-23)35-29-20-27-14-9-19-33(32(27,2)21-26(29)22-34-35)36-30(24-10-5-3-6-11-24)31(37-33)25-12-7-4-8-13-25/h3-8,10-13,15-18,20,22,30-31H,9,14,19,21H2,1-2H3/t30-,31-,32?/m1/s1.